The van der Waals surface area contributed by atoms with Crippen molar-refractivity contribution in [2.24, 2.45) is 5.92 Å². The van der Waals surface area contributed by atoms with Gasteiger partial charge in [-0.1, -0.05) is 26.8 Å². The van der Waals surface area contributed by atoms with Gasteiger partial charge in [0.05, 0.1) is 11.7 Å². The molecule has 0 radical (unpaired) electrons. The molecule has 0 aliphatic carbocycles. The number of aryl methyl sites for hydroxylation is 1. The monoisotopic (exact) mass is 263 g/mol. The highest BCUT2D eigenvalue weighted by Gasteiger charge is 2.36. The van der Waals surface area contributed by atoms with E-state index in [2.05, 4.69) is 31.8 Å². The van der Waals surface area contributed by atoms with Gasteiger partial charge in [-0.25, -0.2) is 0 Å². The van der Waals surface area contributed by atoms with Crippen molar-refractivity contribution in [1.29, 1.82) is 0 Å². The molecule has 0 saturated carbocycles. The van der Waals surface area contributed by atoms with Crippen LogP contribution in [0.25, 0.3) is 0 Å². The Morgan fingerprint density at radius 1 is 1.47 bits per heavy atom. The highest BCUT2D eigenvalue weighted by molar-refractivity contribution is 5.15. The number of hydrogen-bond acceptors (Lipinski definition) is 3. The van der Waals surface area contributed by atoms with Crippen LogP contribution in [0, 0.1) is 5.92 Å². The average molecular weight is 263 g/mol. The SMILES string of the molecule is CCc1ccc(CC2(O)CCOC(C(C)C)C2)nc1. The molecule has 0 amide bonds. The van der Waals surface area contributed by atoms with Gasteiger partial charge >= 0.3 is 0 Å². The molecule has 1 aromatic rings. The zero-order valence-corrected chi connectivity index (χ0v) is 12.2. The highest BCUT2D eigenvalue weighted by Crippen LogP contribution is 2.31. The van der Waals surface area contributed by atoms with Crippen molar-refractivity contribution in [3.8, 4) is 0 Å². The van der Waals surface area contributed by atoms with Crippen molar-refractivity contribution < 1.29 is 9.84 Å². The molecule has 1 saturated heterocycles. The topological polar surface area (TPSA) is 42.4 Å². The second-order valence-electron chi connectivity index (χ2n) is 6.02. The molecule has 1 N–H and O–H groups in total. The van der Waals surface area contributed by atoms with Crippen molar-refractivity contribution >= 4 is 0 Å². The molecule has 3 nitrogen and oxygen atoms in total. The van der Waals surface area contributed by atoms with Gasteiger partial charge in [-0.3, -0.25) is 4.98 Å². The summed E-state index contributed by atoms with van der Waals surface area (Å²) in [6.07, 6.45) is 5.12. The fourth-order valence-corrected chi connectivity index (χ4v) is 2.63. The zero-order valence-electron chi connectivity index (χ0n) is 12.2. The van der Waals surface area contributed by atoms with Crippen LogP contribution in [0.15, 0.2) is 18.3 Å². The van der Waals surface area contributed by atoms with Crippen molar-refractivity contribution in [3.05, 3.63) is 29.6 Å². The van der Waals surface area contributed by atoms with Gasteiger partial charge in [-0.15, -0.1) is 0 Å². The second kappa shape index (κ2) is 6.02. The predicted octanol–water partition coefficient (Wildman–Crippen LogP) is 2.75. The third-order valence-corrected chi connectivity index (χ3v) is 4.03. The smallest absolute Gasteiger partial charge is 0.0749 e. The number of pyridine rings is 1. The molecule has 1 fully saturated rings. The molecule has 2 heterocycles. The minimum atomic E-state index is -0.659. The van der Waals surface area contributed by atoms with Crippen LogP contribution >= 0.6 is 0 Å². The number of aromatic nitrogens is 1. The number of nitrogens with zero attached hydrogens (tertiary/aromatic N) is 1. The van der Waals surface area contributed by atoms with E-state index < -0.39 is 5.60 Å². The predicted molar refractivity (Wildman–Crippen MR) is 76.1 cm³/mol. The van der Waals surface area contributed by atoms with Crippen LogP contribution < -0.4 is 0 Å². The van der Waals surface area contributed by atoms with E-state index >= 15 is 0 Å². The Balaban J connectivity index is 2.03. The van der Waals surface area contributed by atoms with E-state index in [1.807, 2.05) is 12.3 Å². The fourth-order valence-electron chi connectivity index (χ4n) is 2.63. The van der Waals surface area contributed by atoms with Gasteiger partial charge in [-0.2, -0.15) is 0 Å². The molecule has 0 bridgehead atoms. The maximum absolute atomic E-state index is 10.8. The first-order valence-corrected chi connectivity index (χ1v) is 7.30. The van der Waals surface area contributed by atoms with Crippen LogP contribution in [0.2, 0.25) is 0 Å². The normalized spacial score (nSPS) is 27.7. The standard InChI is InChI=1S/C16H25NO2/c1-4-13-5-6-14(17-11-13)9-16(18)7-8-19-15(10-16)12(2)3/h5-6,11-12,15,18H,4,7-10H2,1-3H3. The molecular formula is C16H25NO2. The van der Waals surface area contributed by atoms with Crippen molar-refractivity contribution in [3.63, 3.8) is 0 Å². The molecule has 2 atom stereocenters. The van der Waals surface area contributed by atoms with E-state index in [1.165, 1.54) is 5.56 Å². The van der Waals surface area contributed by atoms with Crippen LogP contribution in [0.3, 0.4) is 0 Å². The lowest BCUT2D eigenvalue weighted by atomic mass is 9.83. The first-order chi connectivity index (χ1) is 9.02. The van der Waals surface area contributed by atoms with E-state index in [0.29, 0.717) is 31.8 Å². The summed E-state index contributed by atoms with van der Waals surface area (Å²) < 4.78 is 5.73. The summed E-state index contributed by atoms with van der Waals surface area (Å²) in [6, 6.07) is 4.14. The maximum atomic E-state index is 10.8. The molecule has 106 valence electrons. The minimum Gasteiger partial charge on any atom is -0.389 e. The lowest BCUT2D eigenvalue weighted by Crippen LogP contribution is -2.44. The third-order valence-electron chi connectivity index (χ3n) is 4.03. The molecule has 2 rings (SSSR count). The molecule has 19 heavy (non-hydrogen) atoms. The fraction of sp³-hybridized carbons (Fsp3) is 0.688. The van der Waals surface area contributed by atoms with Gasteiger partial charge in [0, 0.05) is 31.3 Å². The Hall–Kier alpha value is -0.930. The van der Waals surface area contributed by atoms with Crippen LogP contribution in [0.5, 0.6) is 0 Å². The number of aliphatic hydroxyl groups is 1. The van der Waals surface area contributed by atoms with E-state index in [1.54, 1.807) is 0 Å². The van der Waals surface area contributed by atoms with E-state index in [4.69, 9.17) is 4.74 Å². The first-order valence-electron chi connectivity index (χ1n) is 7.30. The Labute approximate surface area is 116 Å². The van der Waals surface area contributed by atoms with Crippen LogP contribution in [-0.2, 0) is 17.6 Å². The summed E-state index contributed by atoms with van der Waals surface area (Å²) in [4.78, 5) is 4.46. The summed E-state index contributed by atoms with van der Waals surface area (Å²) in [5.74, 6) is 0.447. The molecule has 0 aromatic carbocycles. The van der Waals surface area contributed by atoms with Gasteiger partial charge in [0.1, 0.15) is 0 Å². The molecule has 2 unspecified atom stereocenters. The Bertz CT molecular complexity index is 402. The highest BCUT2D eigenvalue weighted by atomic mass is 16.5. The second-order valence-corrected chi connectivity index (χ2v) is 6.02. The van der Waals surface area contributed by atoms with Crippen LogP contribution in [0.4, 0.5) is 0 Å². The van der Waals surface area contributed by atoms with Crippen molar-refractivity contribution in [2.75, 3.05) is 6.61 Å². The lowest BCUT2D eigenvalue weighted by Gasteiger charge is -2.38. The van der Waals surface area contributed by atoms with Gasteiger partial charge < -0.3 is 9.84 Å². The largest absolute Gasteiger partial charge is 0.389 e. The van der Waals surface area contributed by atoms with Crippen LogP contribution in [-0.4, -0.2) is 28.4 Å². The molecule has 1 aromatic heterocycles. The van der Waals surface area contributed by atoms with Crippen molar-refractivity contribution in [2.45, 2.75) is 58.2 Å². The Kier molecular flexibility index (Phi) is 4.58. The maximum Gasteiger partial charge on any atom is 0.0749 e. The van der Waals surface area contributed by atoms with E-state index in [9.17, 15) is 5.11 Å². The third kappa shape index (κ3) is 3.77. The van der Waals surface area contributed by atoms with E-state index in [-0.39, 0.29) is 6.10 Å². The number of ether oxygens (including phenoxy) is 1. The number of hydrogen-bond donors (Lipinski definition) is 1. The molecule has 1 aliphatic rings. The summed E-state index contributed by atoms with van der Waals surface area (Å²) in [5.41, 5.74) is 1.56. The van der Waals surface area contributed by atoms with Gasteiger partial charge in [-0.05, 0) is 30.4 Å². The first kappa shape index (κ1) is 14.5. The summed E-state index contributed by atoms with van der Waals surface area (Å²) in [5, 5.41) is 10.8. The van der Waals surface area contributed by atoms with Gasteiger partial charge in [0.25, 0.3) is 0 Å². The Morgan fingerprint density at radius 2 is 2.26 bits per heavy atom. The number of rotatable bonds is 4. The lowest BCUT2D eigenvalue weighted by molar-refractivity contribution is -0.116. The molecular weight excluding hydrogens is 238 g/mol. The summed E-state index contributed by atoms with van der Waals surface area (Å²) in [6.45, 7) is 7.05. The molecule has 0 spiro atoms. The van der Waals surface area contributed by atoms with Gasteiger partial charge in [0.15, 0.2) is 0 Å². The average Bonchev–Trinajstić information content (AvgIpc) is 2.39. The summed E-state index contributed by atoms with van der Waals surface area (Å²) >= 11 is 0. The minimum absolute atomic E-state index is 0.161. The van der Waals surface area contributed by atoms with E-state index in [0.717, 1.165) is 12.1 Å². The quantitative estimate of drug-likeness (QED) is 0.908. The van der Waals surface area contributed by atoms with Gasteiger partial charge in [0.2, 0.25) is 0 Å². The van der Waals surface area contributed by atoms with Crippen LogP contribution in [0.1, 0.15) is 44.9 Å². The zero-order chi connectivity index (χ0) is 13.9. The molecule has 1 aliphatic heterocycles. The van der Waals surface area contributed by atoms with Crippen molar-refractivity contribution in [1.82, 2.24) is 4.98 Å². The summed E-state index contributed by atoms with van der Waals surface area (Å²) in [7, 11) is 0. The molecule has 3 heteroatoms. The Morgan fingerprint density at radius 3 is 2.84 bits per heavy atom.